The van der Waals surface area contributed by atoms with E-state index in [2.05, 4.69) is 9.97 Å². The van der Waals surface area contributed by atoms with Crippen LogP contribution in [-0.2, 0) is 17.8 Å². The average Bonchev–Trinajstić information content (AvgIpc) is 3.41. The van der Waals surface area contributed by atoms with Gasteiger partial charge in [-0.25, -0.2) is 4.98 Å². The monoisotopic (exact) mass is 410 g/mol. The molecular formula is C21H22N4O5. The smallest absolute Gasteiger partial charge is 0.254 e. The van der Waals surface area contributed by atoms with Gasteiger partial charge < -0.3 is 24.3 Å². The number of nitrogens with zero attached hydrogens (tertiary/aromatic N) is 3. The molecule has 1 unspecified atom stereocenters. The number of carbonyl (C=O) groups excluding carboxylic acids is 2. The van der Waals surface area contributed by atoms with Gasteiger partial charge in [-0.15, -0.1) is 0 Å². The van der Waals surface area contributed by atoms with E-state index in [0.29, 0.717) is 73.2 Å². The third-order valence-corrected chi connectivity index (χ3v) is 6.02. The first-order chi connectivity index (χ1) is 14.5. The van der Waals surface area contributed by atoms with Gasteiger partial charge in [0.15, 0.2) is 11.5 Å². The number of aromatic amines is 1. The summed E-state index contributed by atoms with van der Waals surface area (Å²) < 4.78 is 10.7. The molecule has 1 aromatic carbocycles. The molecule has 3 aliphatic rings. The van der Waals surface area contributed by atoms with Crippen LogP contribution in [0.5, 0.6) is 11.5 Å². The first kappa shape index (κ1) is 18.7. The molecule has 1 saturated heterocycles. The summed E-state index contributed by atoms with van der Waals surface area (Å²) >= 11 is 0. The van der Waals surface area contributed by atoms with Gasteiger partial charge in [0.05, 0.1) is 12.2 Å². The van der Waals surface area contributed by atoms with Crippen molar-refractivity contribution >= 4 is 11.8 Å². The Morgan fingerprint density at radius 2 is 2.00 bits per heavy atom. The molecule has 9 nitrogen and oxygen atoms in total. The Bertz CT molecular complexity index is 1100. The summed E-state index contributed by atoms with van der Waals surface area (Å²) in [5.41, 5.74) is 1.72. The molecular weight excluding hydrogens is 388 g/mol. The van der Waals surface area contributed by atoms with Gasteiger partial charge in [-0.1, -0.05) is 0 Å². The second-order valence-electron chi connectivity index (χ2n) is 7.87. The van der Waals surface area contributed by atoms with Crippen LogP contribution in [0.15, 0.2) is 23.0 Å². The Kier molecular flexibility index (Phi) is 4.45. The number of fused-ring (bicyclic) bond motifs is 2. The zero-order chi connectivity index (χ0) is 20.8. The van der Waals surface area contributed by atoms with Crippen LogP contribution in [0.25, 0.3) is 0 Å². The Balaban J connectivity index is 1.34. The average molecular weight is 410 g/mol. The number of carbonyl (C=O) groups is 2. The summed E-state index contributed by atoms with van der Waals surface area (Å²) in [6, 6.07) is 5.18. The van der Waals surface area contributed by atoms with Gasteiger partial charge in [0, 0.05) is 43.6 Å². The maximum absolute atomic E-state index is 12.9. The third-order valence-electron chi connectivity index (χ3n) is 6.02. The molecule has 1 aromatic heterocycles. The Morgan fingerprint density at radius 3 is 2.83 bits per heavy atom. The third kappa shape index (κ3) is 3.20. The summed E-state index contributed by atoms with van der Waals surface area (Å²) in [7, 11) is 0. The van der Waals surface area contributed by atoms with E-state index in [-0.39, 0.29) is 30.1 Å². The summed E-state index contributed by atoms with van der Waals surface area (Å²) in [6.45, 7) is 3.64. The fourth-order valence-electron chi connectivity index (χ4n) is 4.30. The SMILES string of the molecule is CC(=O)N1CCc2c(nc(C3CCN(C(=O)c4ccc5c(c4)OCO5)C3)[nH]c2=O)C1. The zero-order valence-electron chi connectivity index (χ0n) is 16.6. The van der Waals surface area contributed by atoms with E-state index < -0.39 is 0 Å². The molecule has 156 valence electrons. The van der Waals surface area contributed by atoms with E-state index >= 15 is 0 Å². The van der Waals surface area contributed by atoms with Gasteiger partial charge in [-0.05, 0) is 31.0 Å². The highest BCUT2D eigenvalue weighted by atomic mass is 16.7. The van der Waals surface area contributed by atoms with E-state index in [1.807, 2.05) is 0 Å². The van der Waals surface area contributed by atoms with Crippen molar-refractivity contribution in [3.8, 4) is 11.5 Å². The van der Waals surface area contributed by atoms with Crippen LogP contribution in [-0.4, -0.2) is 58.0 Å². The van der Waals surface area contributed by atoms with Crippen molar-refractivity contribution in [1.29, 1.82) is 0 Å². The lowest BCUT2D eigenvalue weighted by Crippen LogP contribution is -2.38. The maximum atomic E-state index is 12.9. The predicted octanol–water partition coefficient (Wildman–Crippen LogP) is 1.03. The van der Waals surface area contributed by atoms with E-state index in [1.54, 1.807) is 28.0 Å². The van der Waals surface area contributed by atoms with Gasteiger partial charge in [0.25, 0.3) is 11.5 Å². The van der Waals surface area contributed by atoms with Gasteiger partial charge in [0.1, 0.15) is 5.82 Å². The Morgan fingerprint density at radius 1 is 1.17 bits per heavy atom. The number of ether oxygens (including phenoxy) is 2. The van der Waals surface area contributed by atoms with E-state index in [9.17, 15) is 14.4 Å². The van der Waals surface area contributed by atoms with Crippen molar-refractivity contribution < 1.29 is 19.1 Å². The molecule has 0 spiro atoms. The summed E-state index contributed by atoms with van der Waals surface area (Å²) in [5, 5.41) is 0. The van der Waals surface area contributed by atoms with Gasteiger partial charge in [-0.3, -0.25) is 14.4 Å². The van der Waals surface area contributed by atoms with Crippen LogP contribution < -0.4 is 15.0 Å². The number of benzene rings is 1. The minimum absolute atomic E-state index is 0.0226. The number of amides is 2. The first-order valence-electron chi connectivity index (χ1n) is 10.1. The van der Waals surface area contributed by atoms with Crippen molar-refractivity contribution in [2.45, 2.75) is 32.2 Å². The molecule has 3 aliphatic heterocycles. The normalized spacial score (nSPS) is 19.7. The fourth-order valence-corrected chi connectivity index (χ4v) is 4.30. The van der Waals surface area contributed by atoms with Crippen LogP contribution in [0.1, 0.15) is 46.7 Å². The number of nitrogens with one attached hydrogen (secondary N) is 1. The molecule has 0 bridgehead atoms. The van der Waals surface area contributed by atoms with Gasteiger partial charge >= 0.3 is 0 Å². The van der Waals surface area contributed by atoms with Crippen molar-refractivity contribution in [3.63, 3.8) is 0 Å². The van der Waals surface area contributed by atoms with Crippen molar-refractivity contribution in [3.05, 3.63) is 51.2 Å². The second kappa shape index (κ2) is 7.16. The van der Waals surface area contributed by atoms with E-state index in [0.717, 1.165) is 0 Å². The predicted molar refractivity (Wildman–Crippen MR) is 105 cm³/mol. The van der Waals surface area contributed by atoms with E-state index in [1.165, 1.54) is 6.92 Å². The van der Waals surface area contributed by atoms with Crippen LogP contribution in [0.4, 0.5) is 0 Å². The highest BCUT2D eigenvalue weighted by Crippen LogP contribution is 2.34. The van der Waals surface area contributed by atoms with Crippen LogP contribution >= 0.6 is 0 Å². The van der Waals surface area contributed by atoms with Gasteiger partial charge in [-0.2, -0.15) is 0 Å². The molecule has 1 N–H and O–H groups in total. The highest BCUT2D eigenvalue weighted by Gasteiger charge is 2.32. The summed E-state index contributed by atoms with van der Waals surface area (Å²) in [4.78, 5) is 48.3. The first-order valence-corrected chi connectivity index (χ1v) is 10.1. The molecule has 4 heterocycles. The molecule has 0 radical (unpaired) electrons. The molecule has 1 atom stereocenters. The minimum atomic E-state index is -0.140. The van der Waals surface area contributed by atoms with Crippen LogP contribution in [0, 0.1) is 0 Å². The van der Waals surface area contributed by atoms with Crippen molar-refractivity contribution in [1.82, 2.24) is 19.8 Å². The number of aromatic nitrogens is 2. The Hall–Kier alpha value is -3.36. The standard InChI is InChI=1S/C21H22N4O5/c1-12(26)24-7-5-15-16(10-24)22-19(23-20(15)27)14-4-6-25(9-14)21(28)13-2-3-17-18(8-13)30-11-29-17/h2-3,8,14H,4-7,9-11H2,1H3,(H,22,23,27). The van der Waals surface area contributed by atoms with Crippen LogP contribution in [0.3, 0.4) is 0 Å². The molecule has 5 rings (SSSR count). The molecule has 0 saturated carbocycles. The van der Waals surface area contributed by atoms with Crippen LogP contribution in [0.2, 0.25) is 0 Å². The lowest BCUT2D eigenvalue weighted by atomic mass is 10.0. The largest absolute Gasteiger partial charge is 0.454 e. The lowest BCUT2D eigenvalue weighted by molar-refractivity contribution is -0.129. The van der Waals surface area contributed by atoms with Crippen molar-refractivity contribution in [2.75, 3.05) is 26.4 Å². The number of H-pyrrole nitrogens is 1. The maximum Gasteiger partial charge on any atom is 0.254 e. The minimum Gasteiger partial charge on any atom is -0.454 e. The topological polar surface area (TPSA) is 105 Å². The highest BCUT2D eigenvalue weighted by molar-refractivity contribution is 5.95. The molecule has 9 heteroatoms. The Labute approximate surface area is 172 Å². The number of likely N-dealkylation sites (tertiary alicyclic amines) is 1. The zero-order valence-corrected chi connectivity index (χ0v) is 16.6. The summed E-state index contributed by atoms with van der Waals surface area (Å²) in [5.74, 6) is 1.65. The molecule has 2 amide bonds. The number of hydrogen-bond acceptors (Lipinski definition) is 6. The lowest BCUT2D eigenvalue weighted by Gasteiger charge is -2.27. The van der Waals surface area contributed by atoms with E-state index in [4.69, 9.17) is 9.47 Å². The molecule has 0 aliphatic carbocycles. The quantitative estimate of drug-likeness (QED) is 0.793. The number of hydrogen-bond donors (Lipinski definition) is 1. The molecule has 30 heavy (non-hydrogen) atoms. The second-order valence-corrected chi connectivity index (χ2v) is 7.87. The van der Waals surface area contributed by atoms with Gasteiger partial charge in [0.2, 0.25) is 12.7 Å². The summed E-state index contributed by atoms with van der Waals surface area (Å²) in [6.07, 6.45) is 1.23. The molecule has 1 fully saturated rings. The number of rotatable bonds is 2. The van der Waals surface area contributed by atoms with Crippen molar-refractivity contribution in [2.24, 2.45) is 0 Å². The fraction of sp³-hybridized carbons (Fsp3) is 0.429. The molecule has 2 aromatic rings.